The molecule has 0 aromatic carbocycles. The third-order valence-electron chi connectivity index (χ3n) is 1.17. The fraction of sp³-hybridized carbons (Fsp3) is 0.111. The number of aromatic nitrogens is 1. The summed E-state index contributed by atoms with van der Waals surface area (Å²) in [6.07, 6.45) is 4.30. The van der Waals surface area contributed by atoms with Gasteiger partial charge in [0.25, 0.3) is 0 Å². The van der Waals surface area contributed by atoms with E-state index in [2.05, 4.69) is 23.7 Å². The number of hydrogen-bond donors (Lipinski definition) is 0. The summed E-state index contributed by atoms with van der Waals surface area (Å²) in [6, 6.07) is 3.90. The van der Waals surface area contributed by atoms with Gasteiger partial charge >= 0.3 is 0 Å². The zero-order valence-corrected chi connectivity index (χ0v) is 5.67. The summed E-state index contributed by atoms with van der Waals surface area (Å²) in [5, 5.41) is 0. The topological polar surface area (TPSA) is 12.9 Å². The molecule has 0 unspecified atom stereocenters. The molecule has 0 saturated carbocycles. The largest absolute Gasteiger partial charge is 0.265 e. The van der Waals surface area contributed by atoms with E-state index in [0.717, 1.165) is 6.42 Å². The first-order valence-electron chi connectivity index (χ1n) is 3.07. The van der Waals surface area contributed by atoms with Crippen LogP contribution in [-0.2, 0) is 6.42 Å². The fourth-order valence-corrected chi connectivity index (χ4v) is 0.665. The van der Waals surface area contributed by atoms with Gasteiger partial charge in [0.1, 0.15) is 0 Å². The van der Waals surface area contributed by atoms with Crippen molar-refractivity contribution < 1.29 is 0 Å². The molecule has 1 aromatic rings. The van der Waals surface area contributed by atoms with Crippen molar-refractivity contribution in [2.24, 2.45) is 0 Å². The van der Waals surface area contributed by atoms with E-state index in [4.69, 9.17) is 0 Å². The number of hydrogen-bond acceptors (Lipinski definition) is 1. The van der Waals surface area contributed by atoms with Gasteiger partial charge in [-0.15, -0.1) is 5.92 Å². The van der Waals surface area contributed by atoms with Crippen molar-refractivity contribution in [1.29, 1.82) is 0 Å². The van der Waals surface area contributed by atoms with Gasteiger partial charge in [0, 0.05) is 25.7 Å². The van der Waals surface area contributed by atoms with Crippen LogP contribution in [0.5, 0.6) is 0 Å². The molecule has 49 valence electrons. The molecule has 0 N–H and O–H groups in total. The molecule has 0 fully saturated rings. The molecule has 0 bridgehead atoms. The molecule has 1 heteroatoms. The van der Waals surface area contributed by atoms with Gasteiger partial charge in [-0.2, -0.15) is 0 Å². The average Bonchev–Trinajstić information content (AvgIpc) is 2.03. The third kappa shape index (κ3) is 1.91. The maximum atomic E-state index is 3.89. The van der Waals surface area contributed by atoms with Crippen LogP contribution in [0.4, 0.5) is 0 Å². The van der Waals surface area contributed by atoms with Crippen LogP contribution < -0.4 is 0 Å². The highest BCUT2D eigenvalue weighted by Crippen LogP contribution is 1.94. The monoisotopic (exact) mass is 130 g/mol. The van der Waals surface area contributed by atoms with E-state index in [1.165, 1.54) is 5.56 Å². The lowest BCUT2D eigenvalue weighted by Gasteiger charge is -1.89. The highest BCUT2D eigenvalue weighted by atomic mass is 14.6. The second kappa shape index (κ2) is 3.68. The SMILES string of the molecule is [CH2]C#CCc1ccncc1. The van der Waals surface area contributed by atoms with Crippen molar-refractivity contribution >= 4 is 0 Å². The first kappa shape index (κ1) is 6.82. The fourth-order valence-electron chi connectivity index (χ4n) is 0.665. The third-order valence-corrected chi connectivity index (χ3v) is 1.17. The summed E-state index contributed by atoms with van der Waals surface area (Å²) < 4.78 is 0. The number of pyridine rings is 1. The van der Waals surface area contributed by atoms with Gasteiger partial charge in [-0.05, 0) is 17.7 Å². The van der Waals surface area contributed by atoms with Crippen LogP contribution in [-0.4, -0.2) is 4.98 Å². The van der Waals surface area contributed by atoms with Gasteiger partial charge in [-0.1, -0.05) is 5.92 Å². The molecule has 0 aliphatic rings. The maximum absolute atomic E-state index is 3.89. The van der Waals surface area contributed by atoms with Gasteiger partial charge in [0.15, 0.2) is 0 Å². The molecule has 1 rings (SSSR count). The van der Waals surface area contributed by atoms with Crippen molar-refractivity contribution in [2.75, 3.05) is 0 Å². The van der Waals surface area contributed by atoms with Crippen molar-refractivity contribution in [2.45, 2.75) is 6.42 Å². The van der Waals surface area contributed by atoms with E-state index in [0.29, 0.717) is 0 Å². The summed E-state index contributed by atoms with van der Waals surface area (Å²) in [6.45, 7) is 3.42. The van der Waals surface area contributed by atoms with Crippen LogP contribution >= 0.6 is 0 Å². The second-order valence-electron chi connectivity index (χ2n) is 1.89. The van der Waals surface area contributed by atoms with Crippen molar-refractivity contribution in [3.63, 3.8) is 0 Å². The maximum Gasteiger partial charge on any atom is 0.0341 e. The Balaban J connectivity index is 2.64. The number of rotatable bonds is 1. The Morgan fingerprint density at radius 2 is 2.10 bits per heavy atom. The molecule has 1 nitrogen and oxygen atoms in total. The summed E-state index contributed by atoms with van der Waals surface area (Å²) in [7, 11) is 0. The Morgan fingerprint density at radius 1 is 1.40 bits per heavy atom. The first-order valence-corrected chi connectivity index (χ1v) is 3.07. The summed E-state index contributed by atoms with van der Waals surface area (Å²) in [4.78, 5) is 3.89. The van der Waals surface area contributed by atoms with Gasteiger partial charge in [0.05, 0.1) is 0 Å². The van der Waals surface area contributed by atoms with E-state index in [-0.39, 0.29) is 0 Å². The van der Waals surface area contributed by atoms with Crippen molar-refractivity contribution in [3.8, 4) is 11.8 Å². The lowest BCUT2D eigenvalue weighted by Crippen LogP contribution is -1.79. The second-order valence-corrected chi connectivity index (χ2v) is 1.89. The Bertz CT molecular complexity index is 240. The van der Waals surface area contributed by atoms with Gasteiger partial charge < -0.3 is 0 Å². The molecule has 0 saturated heterocycles. The predicted octanol–water partition coefficient (Wildman–Crippen LogP) is 1.46. The molecule has 0 aliphatic heterocycles. The molecule has 0 aliphatic carbocycles. The zero-order valence-electron chi connectivity index (χ0n) is 5.67. The minimum atomic E-state index is 0.770. The summed E-state index contributed by atoms with van der Waals surface area (Å²) >= 11 is 0. The molecule has 0 atom stereocenters. The molecular weight excluding hydrogens is 122 g/mol. The lowest BCUT2D eigenvalue weighted by molar-refractivity contribution is 1.24. The smallest absolute Gasteiger partial charge is 0.0341 e. The van der Waals surface area contributed by atoms with Gasteiger partial charge in [-0.25, -0.2) is 0 Å². The van der Waals surface area contributed by atoms with Crippen LogP contribution in [0.15, 0.2) is 24.5 Å². The Labute approximate surface area is 61.1 Å². The first-order chi connectivity index (χ1) is 4.93. The van der Waals surface area contributed by atoms with Crippen LogP contribution in [0.25, 0.3) is 0 Å². The van der Waals surface area contributed by atoms with Crippen LogP contribution in [0.1, 0.15) is 5.56 Å². The predicted molar refractivity (Wildman–Crippen MR) is 41.1 cm³/mol. The van der Waals surface area contributed by atoms with Crippen LogP contribution in [0, 0.1) is 18.8 Å². The highest BCUT2D eigenvalue weighted by molar-refractivity contribution is 5.18. The Kier molecular flexibility index (Phi) is 2.51. The quantitative estimate of drug-likeness (QED) is 0.524. The van der Waals surface area contributed by atoms with Gasteiger partial charge in [0.2, 0.25) is 0 Å². The van der Waals surface area contributed by atoms with Crippen LogP contribution in [0.2, 0.25) is 0 Å². The van der Waals surface area contributed by atoms with Crippen LogP contribution in [0.3, 0.4) is 0 Å². The minimum absolute atomic E-state index is 0.770. The molecule has 0 amide bonds. The average molecular weight is 130 g/mol. The van der Waals surface area contributed by atoms with Gasteiger partial charge in [-0.3, -0.25) is 4.98 Å². The standard InChI is InChI=1S/C9H8N/c1-2-3-4-9-5-7-10-8-6-9/h5-8H,1,4H2. The van der Waals surface area contributed by atoms with E-state index in [9.17, 15) is 0 Å². The van der Waals surface area contributed by atoms with E-state index < -0.39 is 0 Å². The zero-order chi connectivity index (χ0) is 7.23. The van der Waals surface area contributed by atoms with E-state index in [1.807, 2.05) is 12.1 Å². The minimum Gasteiger partial charge on any atom is -0.265 e. The molecule has 0 spiro atoms. The lowest BCUT2D eigenvalue weighted by atomic mass is 10.2. The normalized spacial score (nSPS) is 8.10. The van der Waals surface area contributed by atoms with E-state index in [1.54, 1.807) is 12.4 Å². The molecule has 1 heterocycles. The van der Waals surface area contributed by atoms with Crippen molar-refractivity contribution in [1.82, 2.24) is 4.98 Å². The summed E-state index contributed by atoms with van der Waals surface area (Å²) in [5.41, 5.74) is 1.19. The molecule has 1 radical (unpaired) electrons. The Morgan fingerprint density at radius 3 is 2.70 bits per heavy atom. The molecule has 1 aromatic heterocycles. The summed E-state index contributed by atoms with van der Waals surface area (Å²) in [5.74, 6) is 5.47. The molecular formula is C9H8N. The highest BCUT2D eigenvalue weighted by Gasteiger charge is 1.83. The van der Waals surface area contributed by atoms with Crippen molar-refractivity contribution in [3.05, 3.63) is 37.0 Å². The van der Waals surface area contributed by atoms with E-state index >= 15 is 0 Å². The Hall–Kier alpha value is -1.29. The molecule has 10 heavy (non-hydrogen) atoms. The number of nitrogens with zero attached hydrogens (tertiary/aromatic N) is 1.